The lowest BCUT2D eigenvalue weighted by Crippen LogP contribution is -2.19. The number of nitrogen functional groups attached to an aromatic ring is 2. The van der Waals surface area contributed by atoms with E-state index in [1.54, 1.807) is 38.6 Å². The van der Waals surface area contributed by atoms with Crippen LogP contribution in [0, 0.1) is 0 Å². The molecule has 2 rings (SSSR count). The Morgan fingerprint density at radius 2 is 1.78 bits per heavy atom. The van der Waals surface area contributed by atoms with Crippen molar-refractivity contribution in [3.63, 3.8) is 0 Å². The maximum Gasteiger partial charge on any atom is 0.273 e. The fraction of sp³-hybridized carbons (Fsp3) is 0.154. The summed E-state index contributed by atoms with van der Waals surface area (Å²) in [5.74, 6) is 0.622. The highest BCUT2D eigenvalue weighted by Crippen LogP contribution is 2.28. The van der Waals surface area contributed by atoms with E-state index in [0.717, 1.165) is 11.1 Å². The molecule has 18 heavy (non-hydrogen) atoms. The fourth-order valence-electron chi connectivity index (χ4n) is 1.81. The molecule has 0 saturated heterocycles. The summed E-state index contributed by atoms with van der Waals surface area (Å²) in [6, 6.07) is 7.09. The van der Waals surface area contributed by atoms with Crippen molar-refractivity contribution in [2.45, 2.75) is 0 Å². The molecular formula is C13H15N3O2. The van der Waals surface area contributed by atoms with Gasteiger partial charge in [0.25, 0.3) is 5.56 Å². The Hall–Kier alpha value is -2.43. The van der Waals surface area contributed by atoms with Crippen LogP contribution in [0.15, 0.2) is 35.3 Å². The Bertz CT molecular complexity index is 621. The van der Waals surface area contributed by atoms with Crippen LogP contribution in [0.25, 0.3) is 11.1 Å². The second-order valence-electron chi connectivity index (χ2n) is 4.06. The van der Waals surface area contributed by atoms with E-state index in [2.05, 4.69) is 0 Å². The molecule has 0 aliphatic rings. The molecule has 0 fully saturated rings. The van der Waals surface area contributed by atoms with E-state index in [-0.39, 0.29) is 11.2 Å². The van der Waals surface area contributed by atoms with Gasteiger partial charge in [-0.2, -0.15) is 0 Å². The van der Waals surface area contributed by atoms with E-state index in [1.807, 2.05) is 6.07 Å². The van der Waals surface area contributed by atoms with E-state index in [9.17, 15) is 4.79 Å². The van der Waals surface area contributed by atoms with Crippen LogP contribution in [0.5, 0.6) is 5.75 Å². The summed E-state index contributed by atoms with van der Waals surface area (Å²) >= 11 is 0. The van der Waals surface area contributed by atoms with E-state index in [4.69, 9.17) is 16.2 Å². The van der Waals surface area contributed by atoms with Crippen molar-refractivity contribution in [3.8, 4) is 16.9 Å². The molecule has 0 unspecified atom stereocenters. The number of rotatable bonds is 2. The second kappa shape index (κ2) is 4.44. The highest BCUT2D eigenvalue weighted by molar-refractivity contribution is 5.72. The van der Waals surface area contributed by atoms with Gasteiger partial charge in [0, 0.05) is 18.8 Å². The van der Waals surface area contributed by atoms with Gasteiger partial charge in [-0.05, 0) is 23.8 Å². The first kappa shape index (κ1) is 12.0. The lowest BCUT2D eigenvalue weighted by molar-refractivity contribution is 0.417. The summed E-state index contributed by atoms with van der Waals surface area (Å²) in [4.78, 5) is 11.5. The van der Waals surface area contributed by atoms with Crippen LogP contribution in [-0.2, 0) is 7.05 Å². The van der Waals surface area contributed by atoms with Crippen LogP contribution < -0.4 is 21.8 Å². The molecule has 1 heterocycles. The fourth-order valence-corrected chi connectivity index (χ4v) is 1.81. The molecule has 4 N–H and O–H groups in total. The Kier molecular flexibility index (Phi) is 2.97. The second-order valence-corrected chi connectivity index (χ2v) is 4.06. The van der Waals surface area contributed by atoms with Crippen molar-refractivity contribution < 1.29 is 4.74 Å². The predicted molar refractivity (Wildman–Crippen MR) is 72.5 cm³/mol. The number of aromatic nitrogens is 1. The standard InChI is InChI=1S/C13H15N3O2/c1-16-7-9(6-11(15)13(16)17)8-3-4-12(18-2)10(14)5-8/h3-7H,14-15H2,1-2H3. The first-order valence-corrected chi connectivity index (χ1v) is 5.43. The molecule has 0 bridgehead atoms. The van der Waals surface area contributed by atoms with Crippen molar-refractivity contribution in [1.29, 1.82) is 0 Å². The van der Waals surface area contributed by atoms with Gasteiger partial charge in [-0.3, -0.25) is 4.79 Å². The van der Waals surface area contributed by atoms with Crippen molar-refractivity contribution >= 4 is 11.4 Å². The van der Waals surface area contributed by atoms with E-state index >= 15 is 0 Å². The van der Waals surface area contributed by atoms with Crippen LogP contribution in [0.2, 0.25) is 0 Å². The zero-order valence-electron chi connectivity index (χ0n) is 10.3. The van der Waals surface area contributed by atoms with Crippen LogP contribution in [0.3, 0.4) is 0 Å². The number of nitrogens with two attached hydrogens (primary N) is 2. The van der Waals surface area contributed by atoms with Gasteiger partial charge in [0.15, 0.2) is 0 Å². The molecule has 5 heteroatoms. The number of pyridine rings is 1. The van der Waals surface area contributed by atoms with E-state index in [0.29, 0.717) is 11.4 Å². The summed E-state index contributed by atoms with van der Waals surface area (Å²) in [5.41, 5.74) is 13.8. The van der Waals surface area contributed by atoms with Crippen molar-refractivity contribution in [2.24, 2.45) is 7.05 Å². The first-order valence-electron chi connectivity index (χ1n) is 5.43. The van der Waals surface area contributed by atoms with Gasteiger partial charge < -0.3 is 20.8 Å². The quantitative estimate of drug-likeness (QED) is 0.779. The molecule has 0 amide bonds. The molecule has 0 atom stereocenters. The average molecular weight is 245 g/mol. The lowest BCUT2D eigenvalue weighted by atomic mass is 10.1. The number of hydrogen-bond acceptors (Lipinski definition) is 4. The molecule has 0 aliphatic heterocycles. The molecular weight excluding hydrogens is 230 g/mol. The molecule has 5 nitrogen and oxygen atoms in total. The minimum atomic E-state index is -0.208. The first-order chi connectivity index (χ1) is 8.52. The normalized spacial score (nSPS) is 10.3. The summed E-state index contributed by atoms with van der Waals surface area (Å²) in [5, 5.41) is 0. The van der Waals surface area contributed by atoms with Crippen LogP contribution in [-0.4, -0.2) is 11.7 Å². The maximum absolute atomic E-state index is 11.5. The van der Waals surface area contributed by atoms with Crippen LogP contribution in [0.4, 0.5) is 11.4 Å². The third-order valence-electron chi connectivity index (χ3n) is 2.77. The van der Waals surface area contributed by atoms with Gasteiger partial charge in [0.1, 0.15) is 5.75 Å². The molecule has 0 aliphatic carbocycles. The number of nitrogens with zero attached hydrogens (tertiary/aromatic N) is 1. The van der Waals surface area contributed by atoms with Crippen LogP contribution in [0.1, 0.15) is 0 Å². The molecule has 1 aromatic carbocycles. The Morgan fingerprint density at radius 1 is 1.11 bits per heavy atom. The Labute approximate surface area is 105 Å². The topological polar surface area (TPSA) is 83.3 Å². The maximum atomic E-state index is 11.5. The highest BCUT2D eigenvalue weighted by Gasteiger charge is 2.06. The number of aryl methyl sites for hydroxylation is 1. The van der Waals surface area contributed by atoms with Crippen LogP contribution >= 0.6 is 0 Å². The molecule has 0 radical (unpaired) electrons. The van der Waals surface area contributed by atoms with E-state index < -0.39 is 0 Å². The summed E-state index contributed by atoms with van der Waals surface area (Å²) in [7, 11) is 3.23. The number of benzene rings is 1. The predicted octanol–water partition coefficient (Wildman–Crippen LogP) is 1.23. The van der Waals surface area contributed by atoms with Crippen molar-refractivity contribution in [1.82, 2.24) is 4.57 Å². The number of anilines is 2. The van der Waals surface area contributed by atoms with Gasteiger partial charge in [0.05, 0.1) is 18.5 Å². The van der Waals surface area contributed by atoms with Gasteiger partial charge in [-0.25, -0.2) is 0 Å². The minimum absolute atomic E-state index is 0.208. The summed E-state index contributed by atoms with van der Waals surface area (Å²) < 4.78 is 6.55. The minimum Gasteiger partial charge on any atom is -0.495 e. The molecule has 0 spiro atoms. The number of hydrogen-bond donors (Lipinski definition) is 2. The third kappa shape index (κ3) is 2.02. The number of methoxy groups -OCH3 is 1. The molecule has 94 valence electrons. The summed E-state index contributed by atoms with van der Waals surface area (Å²) in [6.45, 7) is 0. The number of ether oxygens (including phenoxy) is 1. The van der Waals surface area contributed by atoms with Crippen molar-refractivity contribution in [2.75, 3.05) is 18.6 Å². The monoisotopic (exact) mass is 245 g/mol. The van der Waals surface area contributed by atoms with Gasteiger partial charge in [0.2, 0.25) is 0 Å². The van der Waals surface area contributed by atoms with Gasteiger partial charge in [-0.1, -0.05) is 6.07 Å². The third-order valence-corrected chi connectivity index (χ3v) is 2.77. The lowest BCUT2D eigenvalue weighted by Gasteiger charge is -2.09. The zero-order chi connectivity index (χ0) is 13.3. The molecule has 2 aromatic rings. The largest absolute Gasteiger partial charge is 0.495 e. The molecule has 1 aromatic heterocycles. The van der Waals surface area contributed by atoms with E-state index in [1.165, 1.54) is 4.57 Å². The molecule has 0 saturated carbocycles. The van der Waals surface area contributed by atoms with Gasteiger partial charge in [-0.15, -0.1) is 0 Å². The highest BCUT2D eigenvalue weighted by atomic mass is 16.5. The van der Waals surface area contributed by atoms with Crippen molar-refractivity contribution in [3.05, 3.63) is 40.8 Å². The average Bonchev–Trinajstić information content (AvgIpc) is 2.35. The SMILES string of the molecule is COc1ccc(-c2cc(N)c(=O)n(C)c2)cc1N. The van der Waals surface area contributed by atoms with Gasteiger partial charge >= 0.3 is 0 Å². The smallest absolute Gasteiger partial charge is 0.273 e. The Balaban J connectivity index is 2.56. The summed E-state index contributed by atoms with van der Waals surface area (Å²) in [6.07, 6.45) is 1.72. The zero-order valence-corrected chi connectivity index (χ0v) is 10.3. The Morgan fingerprint density at radius 3 is 2.33 bits per heavy atom.